The number of carbonyl (C=O) groups is 2. The number of nitrogens with one attached hydrogen (secondary N) is 1. The van der Waals surface area contributed by atoms with Gasteiger partial charge in [-0.05, 0) is 37.9 Å². The van der Waals surface area contributed by atoms with E-state index in [-0.39, 0.29) is 17.9 Å². The van der Waals surface area contributed by atoms with E-state index >= 15 is 0 Å². The summed E-state index contributed by atoms with van der Waals surface area (Å²) < 4.78 is 0. The van der Waals surface area contributed by atoms with Crippen LogP contribution in [0, 0.1) is 11.8 Å². The van der Waals surface area contributed by atoms with Crippen molar-refractivity contribution in [1.82, 2.24) is 5.32 Å². The molecule has 0 aliphatic heterocycles. The third-order valence-corrected chi connectivity index (χ3v) is 5.79. The average Bonchev–Trinajstić information content (AvgIpc) is 2.86. The highest BCUT2D eigenvalue weighted by Crippen LogP contribution is 2.33. The number of hydrogen-bond acceptors (Lipinski definition) is 3. The molecule has 2 fully saturated rings. The minimum absolute atomic E-state index is 0.0238. The predicted molar refractivity (Wildman–Crippen MR) is 80.8 cm³/mol. The fourth-order valence-corrected chi connectivity index (χ4v) is 4.65. The lowest BCUT2D eigenvalue weighted by Gasteiger charge is -2.28. The van der Waals surface area contributed by atoms with Crippen molar-refractivity contribution in [2.24, 2.45) is 11.8 Å². The van der Waals surface area contributed by atoms with E-state index in [2.05, 4.69) is 12.2 Å². The van der Waals surface area contributed by atoms with Crippen LogP contribution in [0.3, 0.4) is 0 Å². The smallest absolute Gasteiger partial charge is 0.307 e. The Kier molecular flexibility index (Phi) is 5.75. The Balaban J connectivity index is 1.86. The van der Waals surface area contributed by atoms with Crippen LogP contribution in [0.4, 0.5) is 0 Å². The van der Waals surface area contributed by atoms with E-state index in [0.717, 1.165) is 44.3 Å². The summed E-state index contributed by atoms with van der Waals surface area (Å²) in [5, 5.41) is 13.0. The molecular weight excluding hydrogens is 274 g/mol. The lowest BCUT2D eigenvalue weighted by atomic mass is 9.78. The first-order chi connectivity index (χ1) is 9.61. The summed E-state index contributed by atoms with van der Waals surface area (Å²) in [6.45, 7) is 2.16. The maximum atomic E-state index is 12.4. The van der Waals surface area contributed by atoms with Crippen LogP contribution in [0.5, 0.6) is 0 Å². The number of hydrogen-bond donors (Lipinski definition) is 2. The highest BCUT2D eigenvalue weighted by atomic mass is 32.2. The van der Waals surface area contributed by atoms with E-state index in [0.29, 0.717) is 11.7 Å². The molecule has 2 N–H and O–H groups in total. The third-order valence-electron chi connectivity index (χ3n) is 4.55. The van der Waals surface area contributed by atoms with Crippen molar-refractivity contribution >= 4 is 23.6 Å². The molecule has 0 spiro atoms. The molecule has 0 bridgehead atoms. The van der Waals surface area contributed by atoms with E-state index < -0.39 is 11.9 Å². The zero-order valence-corrected chi connectivity index (χ0v) is 13.0. The zero-order valence-electron chi connectivity index (χ0n) is 12.1. The van der Waals surface area contributed by atoms with E-state index in [4.69, 9.17) is 0 Å². The van der Waals surface area contributed by atoms with Gasteiger partial charge in [0, 0.05) is 11.3 Å². The monoisotopic (exact) mass is 299 g/mol. The average molecular weight is 299 g/mol. The van der Waals surface area contributed by atoms with Gasteiger partial charge in [0.15, 0.2) is 0 Å². The van der Waals surface area contributed by atoms with Crippen molar-refractivity contribution in [3.63, 3.8) is 0 Å². The molecule has 5 heteroatoms. The zero-order chi connectivity index (χ0) is 14.5. The SMILES string of the molecule is CCSC1CCC(NC(=O)C2CCCCC2C(=O)O)C1. The summed E-state index contributed by atoms with van der Waals surface area (Å²) in [5.41, 5.74) is 0. The molecule has 114 valence electrons. The van der Waals surface area contributed by atoms with E-state index in [1.807, 2.05) is 11.8 Å². The molecule has 1 amide bonds. The summed E-state index contributed by atoms with van der Waals surface area (Å²) in [7, 11) is 0. The van der Waals surface area contributed by atoms with Crippen LogP contribution in [0.2, 0.25) is 0 Å². The Bertz CT molecular complexity index is 361. The first-order valence-corrected chi connectivity index (χ1v) is 8.81. The van der Waals surface area contributed by atoms with Crippen LogP contribution in [-0.4, -0.2) is 34.0 Å². The second-order valence-corrected chi connectivity index (χ2v) is 7.51. The molecule has 0 heterocycles. The topological polar surface area (TPSA) is 66.4 Å². The fraction of sp³-hybridized carbons (Fsp3) is 0.867. The molecule has 0 saturated heterocycles. The molecule has 0 aromatic heterocycles. The number of aliphatic carboxylic acids is 1. The van der Waals surface area contributed by atoms with Crippen molar-refractivity contribution in [3.8, 4) is 0 Å². The van der Waals surface area contributed by atoms with Crippen LogP contribution in [-0.2, 0) is 9.59 Å². The number of rotatable bonds is 5. The number of carboxylic acids is 1. The molecule has 2 aliphatic rings. The van der Waals surface area contributed by atoms with Gasteiger partial charge in [0.05, 0.1) is 11.8 Å². The molecule has 2 aliphatic carbocycles. The number of carboxylic acid groups (broad SMARTS) is 1. The molecule has 4 unspecified atom stereocenters. The largest absolute Gasteiger partial charge is 0.481 e. The summed E-state index contributed by atoms with van der Waals surface area (Å²) in [6, 6.07) is 0.253. The predicted octanol–water partition coefficient (Wildman–Crippen LogP) is 2.67. The van der Waals surface area contributed by atoms with Gasteiger partial charge in [-0.1, -0.05) is 19.8 Å². The molecule has 0 radical (unpaired) electrons. The van der Waals surface area contributed by atoms with Gasteiger partial charge in [-0.2, -0.15) is 11.8 Å². The maximum absolute atomic E-state index is 12.4. The molecular formula is C15H25NO3S. The Morgan fingerprint density at radius 2 is 1.85 bits per heavy atom. The molecule has 20 heavy (non-hydrogen) atoms. The van der Waals surface area contributed by atoms with Gasteiger partial charge in [0.1, 0.15) is 0 Å². The maximum Gasteiger partial charge on any atom is 0.307 e. The highest BCUT2D eigenvalue weighted by molar-refractivity contribution is 7.99. The third kappa shape index (κ3) is 3.90. The quantitative estimate of drug-likeness (QED) is 0.819. The van der Waals surface area contributed by atoms with Gasteiger partial charge >= 0.3 is 5.97 Å². The summed E-state index contributed by atoms with van der Waals surface area (Å²) in [4.78, 5) is 23.6. The van der Waals surface area contributed by atoms with Gasteiger partial charge in [0.25, 0.3) is 0 Å². The normalized spacial score (nSPS) is 33.9. The van der Waals surface area contributed by atoms with Crippen molar-refractivity contribution < 1.29 is 14.7 Å². The second-order valence-electron chi connectivity index (χ2n) is 5.93. The molecule has 4 nitrogen and oxygen atoms in total. The van der Waals surface area contributed by atoms with E-state index in [9.17, 15) is 14.7 Å². The van der Waals surface area contributed by atoms with Gasteiger partial charge < -0.3 is 10.4 Å². The second kappa shape index (κ2) is 7.34. The summed E-state index contributed by atoms with van der Waals surface area (Å²) in [6.07, 6.45) is 6.51. The van der Waals surface area contributed by atoms with Crippen LogP contribution < -0.4 is 5.32 Å². The van der Waals surface area contributed by atoms with Crippen LogP contribution in [0.25, 0.3) is 0 Å². The first kappa shape index (κ1) is 15.7. The summed E-state index contributed by atoms with van der Waals surface area (Å²) >= 11 is 1.97. The standard InChI is InChI=1S/C15H25NO3S/c1-2-20-11-8-7-10(9-11)16-14(17)12-5-3-4-6-13(12)15(18)19/h10-13H,2-9H2,1H3,(H,16,17)(H,18,19). The number of thioether (sulfide) groups is 1. The lowest BCUT2D eigenvalue weighted by molar-refractivity contribution is -0.149. The van der Waals surface area contributed by atoms with Crippen LogP contribution >= 0.6 is 11.8 Å². The lowest BCUT2D eigenvalue weighted by Crippen LogP contribution is -2.43. The Morgan fingerprint density at radius 3 is 2.50 bits per heavy atom. The Hall–Kier alpha value is -0.710. The molecule has 4 atom stereocenters. The number of amides is 1. The Labute approximate surface area is 125 Å². The molecule has 2 saturated carbocycles. The highest BCUT2D eigenvalue weighted by Gasteiger charge is 2.37. The number of carbonyl (C=O) groups excluding carboxylic acids is 1. The van der Waals surface area contributed by atoms with Crippen molar-refractivity contribution in [3.05, 3.63) is 0 Å². The van der Waals surface area contributed by atoms with E-state index in [1.165, 1.54) is 0 Å². The van der Waals surface area contributed by atoms with Crippen LogP contribution in [0.1, 0.15) is 51.9 Å². The molecule has 0 aromatic rings. The molecule has 0 aromatic carbocycles. The minimum atomic E-state index is -0.810. The van der Waals surface area contributed by atoms with Gasteiger partial charge in [-0.15, -0.1) is 0 Å². The fourth-order valence-electron chi connectivity index (χ4n) is 3.51. The van der Waals surface area contributed by atoms with Gasteiger partial charge in [0.2, 0.25) is 5.91 Å². The van der Waals surface area contributed by atoms with Crippen molar-refractivity contribution in [1.29, 1.82) is 0 Å². The van der Waals surface area contributed by atoms with Gasteiger partial charge in [-0.3, -0.25) is 9.59 Å². The summed E-state index contributed by atoms with van der Waals surface area (Å²) in [5.74, 6) is -0.514. The van der Waals surface area contributed by atoms with Crippen molar-refractivity contribution in [2.75, 3.05) is 5.75 Å². The Morgan fingerprint density at radius 1 is 1.15 bits per heavy atom. The minimum Gasteiger partial charge on any atom is -0.481 e. The van der Waals surface area contributed by atoms with Crippen molar-refractivity contribution in [2.45, 2.75) is 63.2 Å². The van der Waals surface area contributed by atoms with Gasteiger partial charge in [-0.25, -0.2) is 0 Å². The first-order valence-electron chi connectivity index (χ1n) is 7.76. The van der Waals surface area contributed by atoms with Crippen LogP contribution in [0.15, 0.2) is 0 Å². The molecule has 2 rings (SSSR count). The van der Waals surface area contributed by atoms with E-state index in [1.54, 1.807) is 0 Å².